The Morgan fingerprint density at radius 1 is 1.06 bits per heavy atom. The zero-order chi connectivity index (χ0) is 12.6. The van der Waals surface area contributed by atoms with Gasteiger partial charge in [0, 0.05) is 10.6 Å². The van der Waals surface area contributed by atoms with E-state index in [9.17, 15) is 4.39 Å². The average Bonchev–Trinajstić information content (AvgIpc) is 2.57. The maximum Gasteiger partial charge on any atom is 0.124 e. The van der Waals surface area contributed by atoms with Crippen molar-refractivity contribution >= 4 is 57.7 Å². The molecule has 0 amide bonds. The molecule has 2 aromatic rings. The standard InChI is InChI=1S/C11H5Cl4FS/c12-8-3-5(16)1-2-6(8)10(14)7-4-9(13)17-11(7)15/h1-4,10H. The Hall–Kier alpha value is 0.01000. The molecule has 1 unspecified atom stereocenters. The Morgan fingerprint density at radius 2 is 1.76 bits per heavy atom. The molecule has 0 spiro atoms. The van der Waals surface area contributed by atoms with Gasteiger partial charge in [0.2, 0.25) is 0 Å². The van der Waals surface area contributed by atoms with Crippen LogP contribution in [0.5, 0.6) is 0 Å². The van der Waals surface area contributed by atoms with Crippen molar-refractivity contribution in [2.24, 2.45) is 0 Å². The molecule has 1 aromatic heterocycles. The van der Waals surface area contributed by atoms with E-state index in [0.29, 0.717) is 19.8 Å². The van der Waals surface area contributed by atoms with E-state index < -0.39 is 11.2 Å². The SMILES string of the molecule is Fc1ccc(C(Cl)c2cc(Cl)sc2Cl)c(Cl)c1. The number of halogens is 5. The number of thiophene rings is 1. The van der Waals surface area contributed by atoms with Gasteiger partial charge in [-0.05, 0) is 23.8 Å². The lowest BCUT2D eigenvalue weighted by atomic mass is 10.1. The molecule has 0 aliphatic heterocycles. The molecule has 90 valence electrons. The lowest BCUT2D eigenvalue weighted by molar-refractivity contribution is 0.627. The van der Waals surface area contributed by atoms with Crippen LogP contribution in [-0.4, -0.2) is 0 Å². The van der Waals surface area contributed by atoms with E-state index in [2.05, 4.69) is 0 Å². The molecule has 0 saturated heterocycles. The minimum Gasteiger partial charge on any atom is -0.207 e. The van der Waals surface area contributed by atoms with Crippen LogP contribution in [-0.2, 0) is 0 Å². The van der Waals surface area contributed by atoms with Crippen LogP contribution in [0.4, 0.5) is 4.39 Å². The van der Waals surface area contributed by atoms with Gasteiger partial charge in [-0.1, -0.05) is 40.9 Å². The zero-order valence-electron chi connectivity index (χ0n) is 8.18. The topological polar surface area (TPSA) is 0 Å². The van der Waals surface area contributed by atoms with Gasteiger partial charge >= 0.3 is 0 Å². The summed E-state index contributed by atoms with van der Waals surface area (Å²) in [7, 11) is 0. The van der Waals surface area contributed by atoms with Crippen molar-refractivity contribution in [3.8, 4) is 0 Å². The minimum absolute atomic E-state index is 0.267. The molecule has 0 aliphatic rings. The van der Waals surface area contributed by atoms with Gasteiger partial charge in [-0.25, -0.2) is 4.39 Å². The highest BCUT2D eigenvalue weighted by Gasteiger charge is 2.19. The second-order valence-electron chi connectivity index (χ2n) is 3.31. The lowest BCUT2D eigenvalue weighted by Crippen LogP contribution is -1.93. The lowest BCUT2D eigenvalue weighted by Gasteiger charge is -2.10. The summed E-state index contributed by atoms with van der Waals surface area (Å²) in [6.45, 7) is 0. The predicted molar refractivity (Wildman–Crippen MR) is 73.4 cm³/mol. The molecule has 17 heavy (non-hydrogen) atoms. The van der Waals surface area contributed by atoms with E-state index in [0.717, 1.165) is 0 Å². The second kappa shape index (κ2) is 5.33. The summed E-state index contributed by atoms with van der Waals surface area (Å²) in [6.07, 6.45) is 0. The summed E-state index contributed by atoms with van der Waals surface area (Å²) in [6, 6.07) is 5.75. The van der Waals surface area contributed by atoms with Gasteiger partial charge in [-0.3, -0.25) is 0 Å². The summed E-state index contributed by atoms with van der Waals surface area (Å²) >= 11 is 25.3. The van der Waals surface area contributed by atoms with Crippen LogP contribution in [0.1, 0.15) is 16.5 Å². The third kappa shape index (κ3) is 2.88. The van der Waals surface area contributed by atoms with Crippen LogP contribution in [0.15, 0.2) is 24.3 Å². The highest BCUT2D eigenvalue weighted by molar-refractivity contribution is 7.20. The Labute approximate surface area is 122 Å². The van der Waals surface area contributed by atoms with E-state index in [4.69, 9.17) is 46.4 Å². The minimum atomic E-state index is -0.542. The number of rotatable bonds is 2. The average molecular weight is 330 g/mol. The van der Waals surface area contributed by atoms with Crippen molar-refractivity contribution in [2.45, 2.75) is 5.38 Å². The van der Waals surface area contributed by atoms with Crippen molar-refractivity contribution in [1.82, 2.24) is 0 Å². The highest BCUT2D eigenvalue weighted by atomic mass is 35.5. The van der Waals surface area contributed by atoms with Crippen LogP contribution in [0, 0.1) is 5.82 Å². The van der Waals surface area contributed by atoms with Crippen LogP contribution in [0.3, 0.4) is 0 Å². The predicted octanol–water partition coefficient (Wildman–Crippen LogP) is 6.18. The molecule has 0 saturated carbocycles. The van der Waals surface area contributed by atoms with Crippen molar-refractivity contribution in [1.29, 1.82) is 0 Å². The van der Waals surface area contributed by atoms with Crippen LogP contribution in [0.2, 0.25) is 13.7 Å². The van der Waals surface area contributed by atoms with Gasteiger partial charge in [0.25, 0.3) is 0 Å². The van der Waals surface area contributed by atoms with E-state index in [-0.39, 0.29) is 5.02 Å². The largest absolute Gasteiger partial charge is 0.207 e. The molecule has 0 aliphatic carbocycles. The van der Waals surface area contributed by atoms with E-state index >= 15 is 0 Å². The maximum absolute atomic E-state index is 12.9. The number of hydrogen-bond donors (Lipinski definition) is 0. The summed E-state index contributed by atoms with van der Waals surface area (Å²) in [4.78, 5) is 0. The molecule has 6 heteroatoms. The molecular weight excluding hydrogens is 325 g/mol. The van der Waals surface area contributed by atoms with Gasteiger partial charge in [-0.2, -0.15) is 0 Å². The van der Waals surface area contributed by atoms with Crippen LogP contribution >= 0.6 is 57.7 Å². The Kier molecular flexibility index (Phi) is 4.22. The van der Waals surface area contributed by atoms with Crippen molar-refractivity contribution < 1.29 is 4.39 Å². The maximum atomic E-state index is 12.9. The van der Waals surface area contributed by atoms with Crippen LogP contribution in [0.25, 0.3) is 0 Å². The van der Waals surface area contributed by atoms with Gasteiger partial charge < -0.3 is 0 Å². The Bertz CT molecular complexity index is 552. The van der Waals surface area contributed by atoms with Crippen LogP contribution < -0.4 is 0 Å². The molecule has 2 rings (SSSR count). The molecule has 0 fully saturated rings. The normalized spacial score (nSPS) is 12.8. The Balaban J connectivity index is 2.43. The quantitative estimate of drug-likeness (QED) is 0.577. The number of benzene rings is 1. The molecule has 0 bridgehead atoms. The fourth-order valence-electron chi connectivity index (χ4n) is 1.40. The van der Waals surface area contributed by atoms with Crippen molar-refractivity contribution in [2.75, 3.05) is 0 Å². The van der Waals surface area contributed by atoms with Crippen molar-refractivity contribution in [3.63, 3.8) is 0 Å². The first-order valence-corrected chi connectivity index (χ1v) is 6.91. The molecule has 0 N–H and O–H groups in total. The summed E-state index contributed by atoms with van der Waals surface area (Å²) in [5.74, 6) is -0.405. The molecule has 1 heterocycles. The van der Waals surface area contributed by atoms with Gasteiger partial charge in [0.1, 0.15) is 5.82 Å². The number of hydrogen-bond acceptors (Lipinski definition) is 1. The summed E-state index contributed by atoms with van der Waals surface area (Å²) in [5.41, 5.74) is 1.28. The molecule has 0 radical (unpaired) electrons. The molecule has 1 aromatic carbocycles. The first-order valence-electron chi connectivity index (χ1n) is 4.53. The fourth-order valence-corrected chi connectivity index (χ4v) is 3.75. The third-order valence-electron chi connectivity index (χ3n) is 2.19. The monoisotopic (exact) mass is 328 g/mol. The molecule has 0 nitrogen and oxygen atoms in total. The first kappa shape index (κ1) is 13.4. The van der Waals surface area contributed by atoms with E-state index in [1.54, 1.807) is 6.07 Å². The van der Waals surface area contributed by atoms with Gasteiger partial charge in [-0.15, -0.1) is 22.9 Å². The number of alkyl halides is 1. The zero-order valence-corrected chi connectivity index (χ0v) is 12.0. The Morgan fingerprint density at radius 3 is 2.29 bits per heavy atom. The third-order valence-corrected chi connectivity index (χ3v) is 4.51. The molecule has 1 atom stereocenters. The molecular formula is C11H5Cl4FS. The van der Waals surface area contributed by atoms with E-state index in [1.165, 1.54) is 29.5 Å². The summed E-state index contributed by atoms with van der Waals surface area (Å²) in [5, 5.41) is -0.275. The van der Waals surface area contributed by atoms with E-state index in [1.807, 2.05) is 0 Å². The summed E-state index contributed by atoms with van der Waals surface area (Å²) < 4.78 is 14.0. The first-order chi connectivity index (χ1) is 7.99. The van der Waals surface area contributed by atoms with Gasteiger partial charge in [0.05, 0.1) is 14.0 Å². The highest BCUT2D eigenvalue weighted by Crippen LogP contribution is 2.42. The second-order valence-corrected chi connectivity index (χ2v) is 6.44. The van der Waals surface area contributed by atoms with Crippen molar-refractivity contribution in [3.05, 3.63) is 54.9 Å². The fraction of sp³-hybridized carbons (Fsp3) is 0.0909. The van der Waals surface area contributed by atoms with Gasteiger partial charge in [0.15, 0.2) is 0 Å². The smallest absolute Gasteiger partial charge is 0.124 e.